The lowest BCUT2D eigenvalue weighted by Gasteiger charge is -2.06. The zero-order valence-electron chi connectivity index (χ0n) is 7.19. The molecule has 1 atom stereocenters. The first kappa shape index (κ1) is 10.1. The predicted octanol–water partition coefficient (Wildman–Crippen LogP) is 2.40. The van der Waals surface area contributed by atoms with Crippen molar-refractivity contribution in [2.45, 2.75) is 18.9 Å². The number of aliphatic hydroxyl groups excluding tert-OH is 1. The van der Waals surface area contributed by atoms with E-state index in [1.807, 2.05) is 6.26 Å². The molecule has 0 spiro atoms. The minimum atomic E-state index is -0.137. The van der Waals surface area contributed by atoms with Crippen molar-refractivity contribution >= 4 is 23.1 Å². The van der Waals surface area contributed by atoms with Crippen molar-refractivity contribution in [1.29, 1.82) is 0 Å². The molecule has 1 N–H and O–H groups in total. The molecule has 1 nitrogen and oxygen atoms in total. The van der Waals surface area contributed by atoms with Gasteiger partial charge in [-0.25, -0.2) is 0 Å². The van der Waals surface area contributed by atoms with Crippen LogP contribution in [0, 0.1) is 0 Å². The molecule has 0 saturated heterocycles. The van der Waals surface area contributed by atoms with Gasteiger partial charge in [0.15, 0.2) is 0 Å². The van der Waals surface area contributed by atoms with Gasteiger partial charge in [-0.1, -0.05) is 6.07 Å². The van der Waals surface area contributed by atoms with Crippen LogP contribution in [-0.4, -0.2) is 23.2 Å². The molecule has 0 radical (unpaired) electrons. The van der Waals surface area contributed by atoms with Crippen LogP contribution in [0.2, 0.25) is 0 Å². The first-order valence-corrected chi connectivity index (χ1v) is 6.29. The highest BCUT2D eigenvalue weighted by Crippen LogP contribution is 2.13. The third-order valence-corrected chi connectivity index (χ3v) is 3.32. The smallest absolute Gasteiger partial charge is 0.0634 e. The van der Waals surface area contributed by atoms with Gasteiger partial charge in [-0.2, -0.15) is 11.8 Å². The standard InChI is InChI=1S/C9H14OS2/c1-11-7-8(10)4-5-9-3-2-6-12-9/h2-3,6,8,10H,4-5,7H2,1H3. The molecule has 0 aliphatic carbocycles. The van der Waals surface area contributed by atoms with Crippen LogP contribution >= 0.6 is 23.1 Å². The van der Waals surface area contributed by atoms with E-state index >= 15 is 0 Å². The molecule has 1 aromatic rings. The monoisotopic (exact) mass is 202 g/mol. The maximum atomic E-state index is 9.43. The van der Waals surface area contributed by atoms with Gasteiger partial charge in [0.1, 0.15) is 0 Å². The van der Waals surface area contributed by atoms with E-state index in [9.17, 15) is 5.11 Å². The third-order valence-electron chi connectivity index (χ3n) is 1.66. The van der Waals surface area contributed by atoms with Crippen molar-refractivity contribution in [1.82, 2.24) is 0 Å². The lowest BCUT2D eigenvalue weighted by molar-refractivity contribution is 0.190. The first-order chi connectivity index (χ1) is 5.83. The molecule has 12 heavy (non-hydrogen) atoms. The van der Waals surface area contributed by atoms with Crippen LogP contribution < -0.4 is 0 Å². The Hall–Kier alpha value is 0.01000. The highest BCUT2D eigenvalue weighted by Gasteiger charge is 2.03. The Balaban J connectivity index is 2.17. The van der Waals surface area contributed by atoms with Crippen molar-refractivity contribution in [3.8, 4) is 0 Å². The number of aryl methyl sites for hydroxylation is 1. The number of aliphatic hydroxyl groups is 1. The molecule has 0 saturated carbocycles. The van der Waals surface area contributed by atoms with Crippen LogP contribution in [0.3, 0.4) is 0 Å². The molecule has 0 fully saturated rings. The van der Waals surface area contributed by atoms with Gasteiger partial charge in [0, 0.05) is 10.6 Å². The normalized spacial score (nSPS) is 13.2. The summed E-state index contributed by atoms with van der Waals surface area (Å²) in [6, 6.07) is 4.18. The fourth-order valence-corrected chi connectivity index (χ4v) is 2.32. The summed E-state index contributed by atoms with van der Waals surface area (Å²) in [6.45, 7) is 0. The average molecular weight is 202 g/mol. The Bertz CT molecular complexity index is 196. The van der Waals surface area contributed by atoms with Gasteiger partial charge in [-0.15, -0.1) is 11.3 Å². The van der Waals surface area contributed by atoms with Gasteiger partial charge < -0.3 is 5.11 Å². The summed E-state index contributed by atoms with van der Waals surface area (Å²) in [5.41, 5.74) is 0. The number of thioether (sulfide) groups is 1. The Morgan fingerprint density at radius 2 is 2.50 bits per heavy atom. The lowest BCUT2D eigenvalue weighted by Crippen LogP contribution is -2.10. The lowest BCUT2D eigenvalue weighted by atomic mass is 10.2. The van der Waals surface area contributed by atoms with E-state index in [-0.39, 0.29) is 6.10 Å². The topological polar surface area (TPSA) is 20.2 Å². The summed E-state index contributed by atoms with van der Waals surface area (Å²) < 4.78 is 0. The van der Waals surface area contributed by atoms with E-state index in [1.54, 1.807) is 23.1 Å². The molecule has 1 aromatic heterocycles. The van der Waals surface area contributed by atoms with E-state index in [0.717, 1.165) is 18.6 Å². The molecule has 0 aromatic carbocycles. The Morgan fingerprint density at radius 3 is 3.08 bits per heavy atom. The van der Waals surface area contributed by atoms with Gasteiger partial charge in [0.05, 0.1) is 6.10 Å². The van der Waals surface area contributed by atoms with Crippen LogP contribution in [0.1, 0.15) is 11.3 Å². The molecule has 0 bridgehead atoms. The summed E-state index contributed by atoms with van der Waals surface area (Å²) in [5, 5.41) is 11.5. The highest BCUT2D eigenvalue weighted by atomic mass is 32.2. The fraction of sp³-hybridized carbons (Fsp3) is 0.556. The largest absolute Gasteiger partial charge is 0.392 e. The Kier molecular flexibility index (Phi) is 4.73. The third kappa shape index (κ3) is 3.61. The van der Waals surface area contributed by atoms with E-state index in [4.69, 9.17) is 0 Å². The number of hydrogen-bond acceptors (Lipinski definition) is 3. The highest BCUT2D eigenvalue weighted by molar-refractivity contribution is 7.98. The van der Waals surface area contributed by atoms with Gasteiger partial charge >= 0.3 is 0 Å². The van der Waals surface area contributed by atoms with Crippen molar-refractivity contribution in [2.24, 2.45) is 0 Å². The maximum Gasteiger partial charge on any atom is 0.0634 e. The number of thiophene rings is 1. The van der Waals surface area contributed by atoms with Crippen molar-refractivity contribution < 1.29 is 5.11 Å². The molecule has 1 rings (SSSR count). The minimum absolute atomic E-state index is 0.137. The number of rotatable bonds is 5. The molecule has 1 unspecified atom stereocenters. The summed E-state index contributed by atoms with van der Waals surface area (Å²) >= 11 is 3.47. The molecule has 3 heteroatoms. The van der Waals surface area contributed by atoms with Crippen LogP contribution in [0.15, 0.2) is 17.5 Å². The SMILES string of the molecule is CSCC(O)CCc1cccs1. The van der Waals surface area contributed by atoms with Gasteiger partial charge in [0.2, 0.25) is 0 Å². The van der Waals surface area contributed by atoms with E-state index < -0.39 is 0 Å². The first-order valence-electron chi connectivity index (χ1n) is 4.02. The van der Waals surface area contributed by atoms with Crippen molar-refractivity contribution in [2.75, 3.05) is 12.0 Å². The van der Waals surface area contributed by atoms with Gasteiger partial charge in [-0.05, 0) is 30.5 Å². The molecule has 0 amide bonds. The second-order valence-corrected chi connectivity index (χ2v) is 4.67. The second-order valence-electron chi connectivity index (χ2n) is 2.73. The molecular weight excluding hydrogens is 188 g/mol. The fourth-order valence-electron chi connectivity index (χ4n) is 1.04. The summed E-state index contributed by atoms with van der Waals surface area (Å²) in [4.78, 5) is 1.37. The van der Waals surface area contributed by atoms with E-state index in [2.05, 4.69) is 17.5 Å². The zero-order valence-corrected chi connectivity index (χ0v) is 8.83. The number of hydrogen-bond donors (Lipinski definition) is 1. The molecule has 0 aliphatic heterocycles. The molecule has 0 aliphatic rings. The Labute approximate surface area is 81.8 Å². The van der Waals surface area contributed by atoms with Crippen LogP contribution in [0.4, 0.5) is 0 Å². The second kappa shape index (κ2) is 5.62. The predicted molar refractivity (Wildman–Crippen MR) is 57.0 cm³/mol. The van der Waals surface area contributed by atoms with E-state index in [1.165, 1.54) is 4.88 Å². The minimum Gasteiger partial charge on any atom is -0.392 e. The summed E-state index contributed by atoms with van der Waals surface area (Å²) in [6.07, 6.45) is 3.79. The van der Waals surface area contributed by atoms with Crippen molar-refractivity contribution in [3.63, 3.8) is 0 Å². The van der Waals surface area contributed by atoms with Gasteiger partial charge in [0.25, 0.3) is 0 Å². The van der Waals surface area contributed by atoms with Crippen molar-refractivity contribution in [3.05, 3.63) is 22.4 Å². The summed E-state index contributed by atoms with van der Waals surface area (Å²) in [7, 11) is 0. The average Bonchev–Trinajstić information content (AvgIpc) is 2.53. The van der Waals surface area contributed by atoms with E-state index in [0.29, 0.717) is 0 Å². The van der Waals surface area contributed by atoms with Gasteiger partial charge in [-0.3, -0.25) is 0 Å². The zero-order chi connectivity index (χ0) is 8.81. The molecular formula is C9H14OS2. The molecule has 68 valence electrons. The Morgan fingerprint density at radius 1 is 1.67 bits per heavy atom. The quantitative estimate of drug-likeness (QED) is 0.791. The van der Waals surface area contributed by atoms with Crippen LogP contribution in [0.5, 0.6) is 0 Å². The van der Waals surface area contributed by atoms with Crippen LogP contribution in [-0.2, 0) is 6.42 Å². The van der Waals surface area contributed by atoms with Crippen LogP contribution in [0.25, 0.3) is 0 Å². The maximum absolute atomic E-state index is 9.43. The molecule has 1 heterocycles. The summed E-state index contributed by atoms with van der Waals surface area (Å²) in [5.74, 6) is 0.853.